The van der Waals surface area contributed by atoms with Gasteiger partial charge in [0.1, 0.15) is 5.82 Å². The first-order valence-electron chi connectivity index (χ1n) is 7.52. The molecule has 20 heavy (non-hydrogen) atoms. The van der Waals surface area contributed by atoms with Gasteiger partial charge in [0.25, 0.3) is 0 Å². The predicted molar refractivity (Wildman–Crippen MR) is 79.4 cm³/mol. The maximum absolute atomic E-state index is 12.6. The summed E-state index contributed by atoms with van der Waals surface area (Å²) >= 11 is 0. The van der Waals surface area contributed by atoms with Crippen molar-refractivity contribution in [3.8, 4) is 0 Å². The summed E-state index contributed by atoms with van der Waals surface area (Å²) in [4.78, 5) is 22.4. The molecule has 2 heterocycles. The summed E-state index contributed by atoms with van der Waals surface area (Å²) in [6.07, 6.45) is 5.00. The second kappa shape index (κ2) is 5.95. The lowest BCUT2D eigenvalue weighted by Crippen LogP contribution is -2.54. The SMILES string of the molecule is CCC(NC(=O)C(C)(C)N1CCCC1)c1ncc(C)[nH]1. The minimum absolute atomic E-state index is 0.0434. The van der Waals surface area contributed by atoms with Crippen molar-refractivity contribution >= 4 is 5.91 Å². The Kier molecular flexibility index (Phi) is 4.48. The van der Waals surface area contributed by atoms with E-state index in [4.69, 9.17) is 0 Å². The van der Waals surface area contributed by atoms with Gasteiger partial charge in [0.05, 0.1) is 11.6 Å². The quantitative estimate of drug-likeness (QED) is 0.867. The molecule has 0 spiro atoms. The smallest absolute Gasteiger partial charge is 0.240 e. The van der Waals surface area contributed by atoms with Crippen LogP contribution in [0.15, 0.2) is 6.20 Å². The van der Waals surface area contributed by atoms with Gasteiger partial charge >= 0.3 is 0 Å². The second-order valence-corrected chi connectivity index (χ2v) is 6.14. The molecule has 0 aliphatic carbocycles. The van der Waals surface area contributed by atoms with Crippen LogP contribution in [0.4, 0.5) is 0 Å². The van der Waals surface area contributed by atoms with E-state index < -0.39 is 5.54 Å². The summed E-state index contributed by atoms with van der Waals surface area (Å²) in [6, 6.07) is -0.0434. The molecule has 112 valence electrons. The standard InChI is InChI=1S/C15H26N4O/c1-5-12(13-16-10-11(2)17-13)18-14(20)15(3,4)19-8-6-7-9-19/h10,12H,5-9H2,1-4H3,(H,16,17)(H,18,20). The molecule has 0 saturated carbocycles. The number of imidazole rings is 1. The number of hydrogen-bond donors (Lipinski definition) is 2. The van der Waals surface area contributed by atoms with E-state index in [-0.39, 0.29) is 11.9 Å². The van der Waals surface area contributed by atoms with Crippen molar-refractivity contribution in [3.05, 3.63) is 17.7 Å². The van der Waals surface area contributed by atoms with Gasteiger partial charge in [-0.15, -0.1) is 0 Å². The number of nitrogens with zero attached hydrogens (tertiary/aromatic N) is 2. The Hall–Kier alpha value is -1.36. The lowest BCUT2D eigenvalue weighted by molar-refractivity contribution is -0.132. The maximum Gasteiger partial charge on any atom is 0.240 e. The first-order chi connectivity index (χ1) is 9.45. The van der Waals surface area contributed by atoms with E-state index in [9.17, 15) is 4.79 Å². The summed E-state index contributed by atoms with van der Waals surface area (Å²) in [7, 11) is 0. The number of aromatic nitrogens is 2. The van der Waals surface area contributed by atoms with E-state index in [1.165, 1.54) is 12.8 Å². The maximum atomic E-state index is 12.6. The number of carbonyl (C=O) groups is 1. The molecule has 0 radical (unpaired) electrons. The Balaban J connectivity index is 2.05. The third-order valence-electron chi connectivity index (χ3n) is 4.22. The molecule has 1 aromatic heterocycles. The molecule has 2 N–H and O–H groups in total. The Morgan fingerprint density at radius 1 is 1.50 bits per heavy atom. The normalized spacial score (nSPS) is 18.2. The molecule has 1 amide bonds. The van der Waals surface area contributed by atoms with Crippen LogP contribution in [0.2, 0.25) is 0 Å². The number of nitrogens with one attached hydrogen (secondary N) is 2. The van der Waals surface area contributed by atoms with Gasteiger partial charge < -0.3 is 10.3 Å². The fourth-order valence-corrected chi connectivity index (χ4v) is 2.73. The van der Waals surface area contributed by atoms with Gasteiger partial charge in [0.15, 0.2) is 0 Å². The zero-order valence-corrected chi connectivity index (χ0v) is 13.0. The number of H-pyrrole nitrogens is 1. The molecule has 0 bridgehead atoms. The van der Waals surface area contributed by atoms with Crippen molar-refractivity contribution in [2.75, 3.05) is 13.1 Å². The number of amides is 1. The van der Waals surface area contributed by atoms with Crippen LogP contribution < -0.4 is 5.32 Å². The van der Waals surface area contributed by atoms with Gasteiger partial charge in [-0.25, -0.2) is 4.98 Å². The Morgan fingerprint density at radius 2 is 2.15 bits per heavy atom. The van der Waals surface area contributed by atoms with Crippen LogP contribution in [-0.4, -0.2) is 39.4 Å². The molecule has 2 rings (SSSR count). The molecule has 1 unspecified atom stereocenters. The topological polar surface area (TPSA) is 61.0 Å². The average Bonchev–Trinajstić information content (AvgIpc) is 3.06. The summed E-state index contributed by atoms with van der Waals surface area (Å²) in [5.74, 6) is 0.927. The zero-order valence-electron chi connectivity index (χ0n) is 13.0. The molecule has 1 atom stereocenters. The van der Waals surface area contributed by atoms with Crippen molar-refractivity contribution in [1.29, 1.82) is 0 Å². The van der Waals surface area contributed by atoms with Gasteiger partial charge in [-0.2, -0.15) is 0 Å². The second-order valence-electron chi connectivity index (χ2n) is 6.14. The number of likely N-dealkylation sites (tertiary alicyclic amines) is 1. The molecular weight excluding hydrogens is 252 g/mol. The van der Waals surface area contributed by atoms with Crippen molar-refractivity contribution < 1.29 is 4.79 Å². The summed E-state index contributed by atoms with van der Waals surface area (Å²) in [5.41, 5.74) is 0.567. The van der Waals surface area contributed by atoms with E-state index >= 15 is 0 Å². The van der Waals surface area contributed by atoms with Crippen LogP contribution >= 0.6 is 0 Å². The number of rotatable bonds is 5. The summed E-state index contributed by atoms with van der Waals surface area (Å²) in [5, 5.41) is 3.14. The highest BCUT2D eigenvalue weighted by Gasteiger charge is 2.37. The van der Waals surface area contributed by atoms with Gasteiger partial charge in [0, 0.05) is 11.9 Å². The molecule has 1 aromatic rings. The van der Waals surface area contributed by atoms with Crippen molar-refractivity contribution in [1.82, 2.24) is 20.2 Å². The lowest BCUT2D eigenvalue weighted by atomic mass is 10.0. The van der Waals surface area contributed by atoms with Crippen LogP contribution in [0.1, 0.15) is 57.6 Å². The molecule has 0 aromatic carbocycles. The first-order valence-corrected chi connectivity index (χ1v) is 7.52. The lowest BCUT2D eigenvalue weighted by Gasteiger charge is -2.35. The molecule has 1 aliphatic heterocycles. The first kappa shape index (κ1) is 15.0. The summed E-state index contributed by atoms with van der Waals surface area (Å²) < 4.78 is 0. The van der Waals surface area contributed by atoms with Crippen molar-refractivity contribution in [3.63, 3.8) is 0 Å². The van der Waals surface area contributed by atoms with E-state index in [0.29, 0.717) is 0 Å². The third-order valence-corrected chi connectivity index (χ3v) is 4.22. The molecule has 1 fully saturated rings. The van der Waals surface area contributed by atoms with Gasteiger partial charge in [-0.05, 0) is 53.1 Å². The van der Waals surface area contributed by atoms with Crippen LogP contribution in [-0.2, 0) is 4.79 Å². The molecule has 5 nitrogen and oxygen atoms in total. The Bertz CT molecular complexity index is 460. The molecule has 5 heteroatoms. The van der Waals surface area contributed by atoms with Crippen molar-refractivity contribution in [2.45, 2.75) is 58.5 Å². The van der Waals surface area contributed by atoms with E-state index in [1.54, 1.807) is 6.20 Å². The number of hydrogen-bond acceptors (Lipinski definition) is 3. The van der Waals surface area contributed by atoms with Crippen LogP contribution in [0, 0.1) is 6.92 Å². The molecule has 1 aliphatic rings. The monoisotopic (exact) mass is 278 g/mol. The van der Waals surface area contributed by atoms with Crippen LogP contribution in [0.3, 0.4) is 0 Å². The fraction of sp³-hybridized carbons (Fsp3) is 0.733. The average molecular weight is 278 g/mol. The van der Waals surface area contributed by atoms with E-state index in [2.05, 4.69) is 27.1 Å². The highest BCUT2D eigenvalue weighted by atomic mass is 16.2. The van der Waals surface area contributed by atoms with Gasteiger partial charge in [-0.3, -0.25) is 9.69 Å². The number of carbonyl (C=O) groups excluding carboxylic acids is 1. The van der Waals surface area contributed by atoms with Crippen LogP contribution in [0.25, 0.3) is 0 Å². The highest BCUT2D eigenvalue weighted by Crippen LogP contribution is 2.23. The molecular formula is C15H26N4O. The van der Waals surface area contributed by atoms with E-state index in [1.807, 2.05) is 20.8 Å². The van der Waals surface area contributed by atoms with E-state index in [0.717, 1.165) is 31.0 Å². The van der Waals surface area contributed by atoms with Gasteiger partial charge in [0.2, 0.25) is 5.91 Å². The highest BCUT2D eigenvalue weighted by molar-refractivity contribution is 5.85. The summed E-state index contributed by atoms with van der Waals surface area (Å²) in [6.45, 7) is 10.1. The van der Waals surface area contributed by atoms with Crippen LogP contribution in [0.5, 0.6) is 0 Å². The minimum Gasteiger partial charge on any atom is -0.345 e. The third kappa shape index (κ3) is 3.03. The van der Waals surface area contributed by atoms with Gasteiger partial charge in [-0.1, -0.05) is 6.92 Å². The molecule has 1 saturated heterocycles. The Labute approximate surface area is 121 Å². The largest absolute Gasteiger partial charge is 0.345 e. The van der Waals surface area contributed by atoms with Crippen molar-refractivity contribution in [2.24, 2.45) is 0 Å². The fourth-order valence-electron chi connectivity index (χ4n) is 2.73. The Morgan fingerprint density at radius 3 is 2.65 bits per heavy atom. The minimum atomic E-state index is -0.453. The predicted octanol–water partition coefficient (Wildman–Crippen LogP) is 2.16. The number of aromatic amines is 1. The zero-order chi connectivity index (χ0) is 14.8. The number of aryl methyl sites for hydroxylation is 1.